The van der Waals surface area contributed by atoms with Crippen molar-refractivity contribution in [3.63, 3.8) is 0 Å². The molecule has 4 aromatic heterocycles. The molecule has 3 N–H and O–H groups in total. The molecule has 4 aromatic rings. The molecule has 0 bridgehead atoms. The summed E-state index contributed by atoms with van der Waals surface area (Å²) in [6.45, 7) is 1.41. The Morgan fingerprint density at radius 2 is 2.21 bits per heavy atom. The summed E-state index contributed by atoms with van der Waals surface area (Å²) in [5.74, 6) is 0.167. The zero-order valence-electron chi connectivity index (χ0n) is 14.9. The van der Waals surface area contributed by atoms with Gasteiger partial charge in [-0.1, -0.05) is 0 Å². The van der Waals surface area contributed by atoms with Crippen molar-refractivity contribution in [1.82, 2.24) is 39.7 Å². The lowest BCUT2D eigenvalue weighted by atomic mass is 10.3. The van der Waals surface area contributed by atoms with Gasteiger partial charge in [-0.3, -0.25) is 14.8 Å². The first kappa shape index (κ1) is 16.8. The molecule has 12 heteroatoms. The molecular weight excluding hydrogens is 380 g/mol. The largest absolute Gasteiger partial charge is 0.368 e. The van der Waals surface area contributed by atoms with E-state index >= 15 is 0 Å². The van der Waals surface area contributed by atoms with E-state index in [0.29, 0.717) is 24.4 Å². The predicted molar refractivity (Wildman–Crippen MR) is 106 cm³/mol. The summed E-state index contributed by atoms with van der Waals surface area (Å²) in [5, 5.41) is 7.95. The van der Waals surface area contributed by atoms with Crippen LogP contribution in [0.15, 0.2) is 28.2 Å². The number of nitrogens with two attached hydrogens (primary N) is 1. The second kappa shape index (κ2) is 6.35. The highest BCUT2D eigenvalue weighted by Gasteiger charge is 2.19. The lowest BCUT2D eigenvalue weighted by Gasteiger charge is -2.11. The van der Waals surface area contributed by atoms with E-state index in [0.717, 1.165) is 20.7 Å². The van der Waals surface area contributed by atoms with Crippen molar-refractivity contribution >= 4 is 44.9 Å². The number of fused-ring (bicyclic) bond motifs is 3. The Morgan fingerprint density at radius 1 is 1.32 bits per heavy atom. The number of rotatable bonds is 4. The summed E-state index contributed by atoms with van der Waals surface area (Å²) in [7, 11) is 1.85. The Kier molecular flexibility index (Phi) is 3.80. The quantitative estimate of drug-likeness (QED) is 0.495. The van der Waals surface area contributed by atoms with E-state index in [4.69, 9.17) is 10.7 Å². The minimum atomic E-state index is -0.197. The molecule has 0 amide bonds. The van der Waals surface area contributed by atoms with Crippen LogP contribution in [0.4, 0.5) is 5.95 Å². The number of nitrogens with zero attached hydrogens (tertiary/aromatic N) is 8. The van der Waals surface area contributed by atoms with Crippen molar-refractivity contribution in [3.05, 3.63) is 39.5 Å². The molecule has 0 unspecified atom stereocenters. The summed E-state index contributed by atoms with van der Waals surface area (Å²) in [6.07, 6.45) is 5.02. The van der Waals surface area contributed by atoms with Gasteiger partial charge in [0.15, 0.2) is 5.65 Å². The van der Waals surface area contributed by atoms with Gasteiger partial charge >= 0.3 is 0 Å². The van der Waals surface area contributed by atoms with Crippen molar-refractivity contribution in [3.8, 4) is 0 Å². The Bertz CT molecular complexity index is 1290. The number of nitrogens with one attached hydrogen (secondary N) is 1. The van der Waals surface area contributed by atoms with E-state index < -0.39 is 0 Å². The van der Waals surface area contributed by atoms with E-state index in [1.807, 2.05) is 16.6 Å². The number of hydrogen-bond donors (Lipinski definition) is 2. The molecule has 5 rings (SSSR count). The molecule has 1 aliphatic heterocycles. The molecule has 0 saturated heterocycles. The van der Waals surface area contributed by atoms with E-state index in [-0.39, 0.29) is 18.1 Å². The Morgan fingerprint density at radius 3 is 3.00 bits per heavy atom. The summed E-state index contributed by atoms with van der Waals surface area (Å²) in [5.41, 5.74) is 10.5. The molecular formula is C16H16N10OS. The van der Waals surface area contributed by atoms with Crippen LogP contribution < -0.4 is 16.7 Å². The molecule has 5 heterocycles. The van der Waals surface area contributed by atoms with E-state index in [1.54, 1.807) is 36.1 Å². The van der Waals surface area contributed by atoms with Crippen LogP contribution in [-0.2, 0) is 20.1 Å². The number of aryl methyl sites for hydroxylation is 1. The highest BCUT2D eigenvalue weighted by molar-refractivity contribution is 7.19. The molecule has 0 saturated carbocycles. The monoisotopic (exact) mass is 396 g/mol. The summed E-state index contributed by atoms with van der Waals surface area (Å²) >= 11 is 1.55. The van der Waals surface area contributed by atoms with Crippen LogP contribution in [0.5, 0.6) is 0 Å². The van der Waals surface area contributed by atoms with Crippen molar-refractivity contribution in [1.29, 1.82) is 0 Å². The topological polar surface area (TPSA) is 132 Å². The van der Waals surface area contributed by atoms with Crippen LogP contribution in [0.3, 0.4) is 0 Å². The molecule has 0 fully saturated rings. The fraction of sp³-hybridized carbons (Fsp3) is 0.250. The molecule has 28 heavy (non-hydrogen) atoms. The van der Waals surface area contributed by atoms with Gasteiger partial charge < -0.3 is 10.3 Å². The van der Waals surface area contributed by atoms with Gasteiger partial charge in [-0.15, -0.1) is 11.3 Å². The van der Waals surface area contributed by atoms with Gasteiger partial charge in [0.2, 0.25) is 5.95 Å². The number of anilines is 1. The molecule has 1 aliphatic rings. The van der Waals surface area contributed by atoms with Gasteiger partial charge in [0.25, 0.3) is 5.56 Å². The second-order valence-corrected chi connectivity index (χ2v) is 7.42. The van der Waals surface area contributed by atoms with Gasteiger partial charge in [-0.25, -0.2) is 25.1 Å². The second-order valence-electron chi connectivity index (χ2n) is 6.34. The van der Waals surface area contributed by atoms with Crippen molar-refractivity contribution in [2.75, 3.05) is 12.4 Å². The average Bonchev–Trinajstić information content (AvgIpc) is 3.37. The van der Waals surface area contributed by atoms with Gasteiger partial charge in [-0.2, -0.15) is 5.10 Å². The van der Waals surface area contributed by atoms with E-state index in [2.05, 4.69) is 25.5 Å². The highest BCUT2D eigenvalue weighted by Crippen LogP contribution is 2.31. The Labute approximate surface area is 162 Å². The van der Waals surface area contributed by atoms with Crippen molar-refractivity contribution in [2.24, 2.45) is 12.0 Å². The number of aliphatic imine (C=N–C) groups is 1. The normalized spacial score (nSPS) is 14.0. The summed E-state index contributed by atoms with van der Waals surface area (Å²) in [4.78, 5) is 29.8. The molecule has 0 aromatic carbocycles. The van der Waals surface area contributed by atoms with Crippen molar-refractivity contribution in [2.45, 2.75) is 13.1 Å². The molecule has 0 aliphatic carbocycles. The molecule has 0 radical (unpaired) electrons. The van der Waals surface area contributed by atoms with E-state index in [9.17, 15) is 4.79 Å². The highest BCUT2D eigenvalue weighted by atomic mass is 32.1. The van der Waals surface area contributed by atoms with Crippen molar-refractivity contribution < 1.29 is 0 Å². The van der Waals surface area contributed by atoms with Crippen LogP contribution in [0.1, 0.15) is 10.7 Å². The summed E-state index contributed by atoms with van der Waals surface area (Å²) < 4.78 is 4.15. The number of hydrazine groups is 1. The molecule has 0 atom stereocenters. The number of hydrogen-bond acceptors (Lipinski definition) is 10. The Balaban J connectivity index is 1.56. The number of nitrogen functional groups attached to an aromatic ring is 1. The Hall–Kier alpha value is -3.38. The zero-order valence-corrected chi connectivity index (χ0v) is 15.7. The first-order chi connectivity index (χ1) is 13.6. The number of aromatic nitrogens is 6. The molecule has 11 nitrogen and oxygen atoms in total. The smallest absolute Gasteiger partial charge is 0.291 e. The fourth-order valence-electron chi connectivity index (χ4n) is 3.22. The van der Waals surface area contributed by atoms with E-state index in [1.165, 1.54) is 4.68 Å². The van der Waals surface area contributed by atoms with Crippen LogP contribution >= 0.6 is 11.3 Å². The summed E-state index contributed by atoms with van der Waals surface area (Å²) in [6, 6.07) is 1.71. The molecule has 142 valence electrons. The first-order valence-electron chi connectivity index (χ1n) is 8.51. The predicted octanol–water partition coefficient (Wildman–Crippen LogP) is 0.0712. The van der Waals surface area contributed by atoms with Crippen LogP contribution in [0.2, 0.25) is 0 Å². The van der Waals surface area contributed by atoms with Gasteiger partial charge in [0.05, 0.1) is 29.7 Å². The third-order valence-corrected chi connectivity index (χ3v) is 5.57. The van der Waals surface area contributed by atoms with Gasteiger partial charge in [-0.05, 0) is 6.07 Å². The standard InChI is InChI=1S/C16H16N10OS/c1-24-12-10(13-14(24)23-11(28-13)6-25-8-18-7-21-25)4-20-26(15(12)27)5-9-2-3-19-16(17)22-9/h2-4,8,21H,5-7H2,1H3,(H2,17,19,22). The SMILES string of the molecule is Cn1c2nc(CN3C=NCN3)sc2c2cnn(Cc3ccnc(N)n3)c(=O)c21. The maximum atomic E-state index is 13.0. The third-order valence-electron chi connectivity index (χ3n) is 4.51. The first-order valence-corrected chi connectivity index (χ1v) is 9.33. The fourth-order valence-corrected chi connectivity index (χ4v) is 4.33. The minimum absolute atomic E-state index is 0.167. The lowest BCUT2D eigenvalue weighted by molar-refractivity contribution is 0.342. The zero-order chi connectivity index (χ0) is 19.3. The third kappa shape index (κ3) is 2.70. The average molecular weight is 396 g/mol. The maximum absolute atomic E-state index is 13.0. The number of thiazole rings is 1. The van der Waals surface area contributed by atoms with Gasteiger partial charge in [0.1, 0.15) is 23.5 Å². The van der Waals surface area contributed by atoms with Crippen LogP contribution in [-0.4, -0.2) is 47.3 Å². The molecule has 0 spiro atoms. The lowest BCUT2D eigenvalue weighted by Crippen LogP contribution is -2.30. The van der Waals surface area contributed by atoms with Gasteiger partial charge in [0, 0.05) is 18.6 Å². The van der Waals surface area contributed by atoms with Crippen LogP contribution in [0, 0.1) is 0 Å². The minimum Gasteiger partial charge on any atom is -0.368 e. The maximum Gasteiger partial charge on any atom is 0.291 e. The van der Waals surface area contributed by atoms with Crippen LogP contribution in [0.25, 0.3) is 21.3 Å².